The number of aromatic nitrogens is 6. The maximum atomic E-state index is 13.6. The summed E-state index contributed by atoms with van der Waals surface area (Å²) in [5.74, 6) is 2.33. The fourth-order valence-electron chi connectivity index (χ4n) is 3.80. The van der Waals surface area contributed by atoms with E-state index in [1.807, 2.05) is 68.5 Å². The summed E-state index contributed by atoms with van der Waals surface area (Å²) in [6.45, 7) is 7.98. The van der Waals surface area contributed by atoms with Gasteiger partial charge in [-0.25, -0.2) is 4.57 Å². The molecule has 174 valence electrons. The number of methoxy groups -OCH3 is 1. The van der Waals surface area contributed by atoms with Crippen LogP contribution in [0.2, 0.25) is 0 Å². The molecule has 0 spiro atoms. The number of nitrogens with zero attached hydrogens (tertiary/aromatic N) is 6. The molecule has 0 aliphatic heterocycles. The normalized spacial score (nSPS) is 12.6. The number of thioether (sulfide) groups is 1. The van der Waals surface area contributed by atoms with Gasteiger partial charge in [0.1, 0.15) is 5.75 Å². The average Bonchev–Trinajstić information content (AvgIpc) is 3.48. The van der Waals surface area contributed by atoms with Crippen LogP contribution in [0, 0.1) is 6.92 Å². The van der Waals surface area contributed by atoms with Crippen LogP contribution in [0.25, 0.3) is 22.4 Å². The Morgan fingerprint density at radius 1 is 1.09 bits per heavy atom. The summed E-state index contributed by atoms with van der Waals surface area (Å²) in [4.78, 5) is 18.1. The van der Waals surface area contributed by atoms with E-state index in [2.05, 4.69) is 20.3 Å². The summed E-state index contributed by atoms with van der Waals surface area (Å²) in [7, 11) is 1.58. The van der Waals surface area contributed by atoms with Crippen LogP contribution in [-0.2, 0) is 0 Å². The third-order valence-corrected chi connectivity index (χ3v) is 6.60. The minimum atomic E-state index is -0.192. The lowest BCUT2D eigenvalue weighted by molar-refractivity contribution is 0.373. The Morgan fingerprint density at radius 3 is 2.62 bits per heavy atom. The van der Waals surface area contributed by atoms with Crippen LogP contribution in [0.15, 0.2) is 56.9 Å². The molecule has 0 saturated carbocycles. The fraction of sp³-hybridized carbons (Fsp3) is 0.292. The van der Waals surface area contributed by atoms with Gasteiger partial charge in [0.2, 0.25) is 11.7 Å². The van der Waals surface area contributed by atoms with Crippen molar-refractivity contribution < 1.29 is 9.26 Å². The third-order valence-electron chi connectivity index (χ3n) is 5.57. The highest BCUT2D eigenvalue weighted by Gasteiger charge is 2.24. The van der Waals surface area contributed by atoms with Gasteiger partial charge in [0.05, 0.1) is 29.0 Å². The van der Waals surface area contributed by atoms with Crippen molar-refractivity contribution in [3.05, 3.63) is 70.1 Å². The van der Waals surface area contributed by atoms with Gasteiger partial charge >= 0.3 is 0 Å². The van der Waals surface area contributed by atoms with E-state index in [1.54, 1.807) is 17.7 Å². The number of hydrogen-bond acceptors (Lipinski definition) is 8. The molecule has 34 heavy (non-hydrogen) atoms. The Labute approximate surface area is 199 Å². The van der Waals surface area contributed by atoms with E-state index in [4.69, 9.17) is 9.26 Å². The SMILES string of the molecule is COc1ccc(C)cc1-n1c(=O)c2ccccc2n2c(SC(C)c3nc(C(C)C)no3)nnc12. The molecule has 9 nitrogen and oxygen atoms in total. The Balaban J connectivity index is 1.72. The van der Waals surface area contributed by atoms with E-state index in [1.165, 1.54) is 11.8 Å². The molecule has 0 amide bonds. The quantitative estimate of drug-likeness (QED) is 0.325. The van der Waals surface area contributed by atoms with Gasteiger partial charge in [-0.3, -0.25) is 9.20 Å². The van der Waals surface area contributed by atoms with Crippen molar-refractivity contribution in [2.24, 2.45) is 0 Å². The number of benzene rings is 2. The van der Waals surface area contributed by atoms with E-state index < -0.39 is 0 Å². The zero-order valence-corrected chi connectivity index (χ0v) is 20.3. The molecule has 0 aliphatic carbocycles. The number of aryl methyl sites for hydroxylation is 1. The van der Waals surface area contributed by atoms with E-state index in [0.29, 0.717) is 39.5 Å². The lowest BCUT2D eigenvalue weighted by Gasteiger charge is -2.15. The van der Waals surface area contributed by atoms with Crippen molar-refractivity contribution in [1.82, 2.24) is 29.3 Å². The molecule has 5 aromatic rings. The second-order valence-electron chi connectivity index (χ2n) is 8.36. The van der Waals surface area contributed by atoms with Crippen LogP contribution in [0.4, 0.5) is 0 Å². The first-order chi connectivity index (χ1) is 16.4. The highest BCUT2D eigenvalue weighted by Crippen LogP contribution is 2.35. The first kappa shape index (κ1) is 22.1. The molecule has 3 heterocycles. The number of ether oxygens (including phenoxy) is 1. The third kappa shape index (κ3) is 3.63. The number of para-hydroxylation sites is 1. The van der Waals surface area contributed by atoms with Gasteiger partial charge in [0, 0.05) is 5.92 Å². The predicted octanol–water partition coefficient (Wildman–Crippen LogP) is 4.71. The molecule has 5 rings (SSSR count). The van der Waals surface area contributed by atoms with Crippen LogP contribution in [0.3, 0.4) is 0 Å². The molecule has 2 aromatic carbocycles. The van der Waals surface area contributed by atoms with Gasteiger partial charge in [-0.2, -0.15) is 4.98 Å². The zero-order chi connectivity index (χ0) is 24.0. The van der Waals surface area contributed by atoms with E-state index in [-0.39, 0.29) is 16.7 Å². The van der Waals surface area contributed by atoms with Crippen LogP contribution >= 0.6 is 11.8 Å². The maximum Gasteiger partial charge on any atom is 0.267 e. The highest BCUT2D eigenvalue weighted by atomic mass is 32.2. The monoisotopic (exact) mass is 476 g/mol. The molecule has 3 aromatic heterocycles. The topological polar surface area (TPSA) is 100 Å². The summed E-state index contributed by atoms with van der Waals surface area (Å²) in [5.41, 5.74) is 2.13. The highest BCUT2D eigenvalue weighted by molar-refractivity contribution is 7.99. The minimum Gasteiger partial charge on any atom is -0.495 e. The summed E-state index contributed by atoms with van der Waals surface area (Å²) in [6.07, 6.45) is 0. The molecular weight excluding hydrogens is 452 g/mol. The minimum absolute atomic E-state index is 0.167. The summed E-state index contributed by atoms with van der Waals surface area (Å²) < 4.78 is 14.5. The van der Waals surface area contributed by atoms with Gasteiger partial charge in [0.15, 0.2) is 11.0 Å². The molecule has 0 saturated heterocycles. The number of hydrogen-bond donors (Lipinski definition) is 0. The Hall–Kier alpha value is -3.66. The lowest BCUT2D eigenvalue weighted by Crippen LogP contribution is -2.22. The van der Waals surface area contributed by atoms with E-state index >= 15 is 0 Å². The molecule has 0 N–H and O–H groups in total. The van der Waals surface area contributed by atoms with Gasteiger partial charge in [-0.1, -0.05) is 49.0 Å². The van der Waals surface area contributed by atoms with Crippen molar-refractivity contribution in [2.75, 3.05) is 7.11 Å². The summed E-state index contributed by atoms with van der Waals surface area (Å²) in [6, 6.07) is 13.1. The molecule has 1 atom stereocenters. The lowest BCUT2D eigenvalue weighted by atomic mass is 10.2. The van der Waals surface area contributed by atoms with Crippen LogP contribution < -0.4 is 10.3 Å². The summed E-state index contributed by atoms with van der Waals surface area (Å²) in [5, 5.41) is 13.9. The average molecular weight is 477 g/mol. The van der Waals surface area contributed by atoms with Crippen molar-refractivity contribution in [3.63, 3.8) is 0 Å². The van der Waals surface area contributed by atoms with E-state index in [9.17, 15) is 4.79 Å². The molecule has 0 bridgehead atoms. The van der Waals surface area contributed by atoms with Crippen molar-refractivity contribution >= 4 is 28.4 Å². The van der Waals surface area contributed by atoms with Crippen LogP contribution in [-0.4, -0.2) is 36.4 Å². The zero-order valence-electron chi connectivity index (χ0n) is 19.5. The Kier molecular flexibility index (Phi) is 5.60. The molecule has 1 unspecified atom stereocenters. The van der Waals surface area contributed by atoms with Crippen molar-refractivity contribution in [2.45, 2.75) is 44.0 Å². The van der Waals surface area contributed by atoms with Crippen molar-refractivity contribution in [1.29, 1.82) is 0 Å². The van der Waals surface area contributed by atoms with Gasteiger partial charge < -0.3 is 9.26 Å². The fourth-order valence-corrected chi connectivity index (χ4v) is 4.69. The maximum absolute atomic E-state index is 13.6. The van der Waals surface area contributed by atoms with Gasteiger partial charge in [-0.15, -0.1) is 10.2 Å². The smallest absolute Gasteiger partial charge is 0.267 e. The number of rotatable bonds is 6. The second-order valence-corrected chi connectivity index (χ2v) is 9.66. The molecule has 0 fully saturated rings. The second kappa shape index (κ2) is 8.60. The summed E-state index contributed by atoms with van der Waals surface area (Å²) >= 11 is 1.44. The predicted molar refractivity (Wildman–Crippen MR) is 130 cm³/mol. The largest absolute Gasteiger partial charge is 0.495 e. The van der Waals surface area contributed by atoms with E-state index in [0.717, 1.165) is 11.1 Å². The number of fused-ring (bicyclic) bond motifs is 3. The Bertz CT molecular complexity index is 1570. The van der Waals surface area contributed by atoms with Gasteiger partial charge in [-0.05, 0) is 43.7 Å². The van der Waals surface area contributed by atoms with Crippen LogP contribution in [0.5, 0.6) is 5.75 Å². The first-order valence-electron chi connectivity index (χ1n) is 10.9. The first-order valence-corrected chi connectivity index (χ1v) is 11.8. The van der Waals surface area contributed by atoms with Crippen LogP contribution in [0.1, 0.15) is 49.2 Å². The standard InChI is InChI=1S/C24H24N6O3S/c1-13(2)20-25-21(33-28-20)15(4)34-24-27-26-23-29(18-12-14(3)10-11-19(18)32-5)22(31)16-8-6-7-9-17(16)30(23)24/h6-13,15H,1-5H3. The molecule has 0 aliphatic rings. The molecule has 10 heteroatoms. The Morgan fingerprint density at radius 2 is 1.88 bits per heavy atom. The van der Waals surface area contributed by atoms with Gasteiger partial charge in [0.25, 0.3) is 5.56 Å². The molecule has 0 radical (unpaired) electrons. The molecular formula is C24H24N6O3S. The van der Waals surface area contributed by atoms with Crippen molar-refractivity contribution in [3.8, 4) is 11.4 Å².